The summed E-state index contributed by atoms with van der Waals surface area (Å²) >= 11 is 5.62. The van der Waals surface area contributed by atoms with Crippen LogP contribution in [0.15, 0.2) is 12.4 Å². The van der Waals surface area contributed by atoms with Gasteiger partial charge in [-0.3, -0.25) is 4.79 Å². The summed E-state index contributed by atoms with van der Waals surface area (Å²) in [4.78, 5) is 21.9. The first-order chi connectivity index (χ1) is 9.04. The molecular weight excluding hydrogens is 266 g/mol. The topological polar surface area (TPSA) is 81.9 Å². The van der Waals surface area contributed by atoms with E-state index < -0.39 is 11.4 Å². The van der Waals surface area contributed by atoms with Gasteiger partial charge in [0.1, 0.15) is 16.4 Å². The van der Waals surface area contributed by atoms with Gasteiger partial charge in [0.15, 0.2) is 0 Å². The second-order valence-corrected chi connectivity index (χ2v) is 5.06. The first-order valence-electron chi connectivity index (χ1n) is 5.94. The number of aromatic nitrogens is 2. The number of hydrogen-bond donors (Lipinski definition) is 1. The minimum Gasteiger partial charge on any atom is -0.332 e. The van der Waals surface area contributed by atoms with Crippen molar-refractivity contribution in [3.63, 3.8) is 0 Å². The number of carbonyl (C=O) groups excluding carboxylic acids is 1. The molecule has 0 aliphatic carbocycles. The molecule has 1 aliphatic heterocycles. The predicted molar refractivity (Wildman–Crippen MR) is 69.6 cm³/mol. The molecule has 0 bridgehead atoms. The summed E-state index contributed by atoms with van der Waals surface area (Å²) in [5.41, 5.74) is -0.650. The number of amides is 1. The lowest BCUT2D eigenvalue weighted by atomic mass is 9.89. The van der Waals surface area contributed by atoms with Crippen molar-refractivity contribution in [2.75, 3.05) is 20.1 Å². The van der Waals surface area contributed by atoms with E-state index in [9.17, 15) is 10.1 Å². The van der Waals surface area contributed by atoms with E-state index in [2.05, 4.69) is 26.3 Å². The summed E-state index contributed by atoms with van der Waals surface area (Å²) < 4.78 is 0. The van der Waals surface area contributed by atoms with Gasteiger partial charge in [-0.25, -0.2) is 9.97 Å². The molecule has 1 aromatic rings. The van der Waals surface area contributed by atoms with Crippen molar-refractivity contribution < 1.29 is 4.79 Å². The third kappa shape index (κ3) is 3.19. The van der Waals surface area contributed by atoms with Gasteiger partial charge in [-0.15, -0.1) is 0 Å². The van der Waals surface area contributed by atoms with Crippen LogP contribution in [0.3, 0.4) is 0 Å². The van der Waals surface area contributed by atoms with Gasteiger partial charge in [-0.1, -0.05) is 11.6 Å². The van der Waals surface area contributed by atoms with Crippen LogP contribution in [0.25, 0.3) is 0 Å². The average Bonchev–Trinajstić information content (AvgIpc) is 2.42. The Morgan fingerprint density at radius 3 is 2.68 bits per heavy atom. The molecule has 0 spiro atoms. The number of hydrogen-bond acceptors (Lipinski definition) is 5. The normalized spacial score (nSPS) is 18.6. The molecule has 0 unspecified atom stereocenters. The number of piperidine rings is 1. The van der Waals surface area contributed by atoms with Gasteiger partial charge < -0.3 is 10.2 Å². The van der Waals surface area contributed by atoms with Crippen LogP contribution in [0, 0.1) is 11.3 Å². The molecule has 1 amide bonds. The third-order valence-electron chi connectivity index (χ3n) is 3.26. The first-order valence-corrected chi connectivity index (χ1v) is 6.32. The molecule has 7 heteroatoms. The molecule has 100 valence electrons. The van der Waals surface area contributed by atoms with Crippen molar-refractivity contribution in [1.82, 2.24) is 20.2 Å². The Balaban J connectivity index is 2.09. The number of nitriles is 1. The van der Waals surface area contributed by atoms with Gasteiger partial charge in [-0.2, -0.15) is 5.26 Å². The molecule has 1 fully saturated rings. The summed E-state index contributed by atoms with van der Waals surface area (Å²) in [6.45, 7) is 1.56. The zero-order valence-corrected chi connectivity index (χ0v) is 11.3. The SMILES string of the molecule is CN1CCC(C#N)(NC(=O)c2cnc(Cl)cn2)CC1. The van der Waals surface area contributed by atoms with Crippen LogP contribution in [0.2, 0.25) is 5.15 Å². The second-order valence-electron chi connectivity index (χ2n) is 4.68. The molecular formula is C12H14ClN5O. The van der Waals surface area contributed by atoms with Gasteiger partial charge in [0.05, 0.1) is 18.5 Å². The second kappa shape index (κ2) is 5.51. The maximum Gasteiger partial charge on any atom is 0.272 e. The van der Waals surface area contributed by atoms with E-state index >= 15 is 0 Å². The summed E-state index contributed by atoms with van der Waals surface area (Å²) in [6, 6.07) is 2.22. The van der Waals surface area contributed by atoms with E-state index in [0.717, 1.165) is 13.1 Å². The molecule has 1 aromatic heterocycles. The average molecular weight is 280 g/mol. The van der Waals surface area contributed by atoms with E-state index in [4.69, 9.17) is 11.6 Å². The van der Waals surface area contributed by atoms with Crippen molar-refractivity contribution >= 4 is 17.5 Å². The summed E-state index contributed by atoms with van der Waals surface area (Å²) in [5, 5.41) is 12.3. The highest BCUT2D eigenvalue weighted by atomic mass is 35.5. The van der Waals surface area contributed by atoms with Crippen LogP contribution >= 0.6 is 11.6 Å². The quantitative estimate of drug-likeness (QED) is 0.868. The molecule has 19 heavy (non-hydrogen) atoms. The van der Waals surface area contributed by atoms with E-state index in [1.807, 2.05) is 7.05 Å². The Bertz CT molecular complexity index is 502. The minimum absolute atomic E-state index is 0.165. The van der Waals surface area contributed by atoms with Gasteiger partial charge >= 0.3 is 0 Å². The van der Waals surface area contributed by atoms with E-state index in [-0.39, 0.29) is 10.8 Å². The molecule has 2 rings (SSSR count). The van der Waals surface area contributed by atoms with Crippen molar-refractivity contribution in [1.29, 1.82) is 5.26 Å². The maximum atomic E-state index is 12.0. The lowest BCUT2D eigenvalue weighted by molar-refractivity contribution is 0.0876. The van der Waals surface area contributed by atoms with Crippen molar-refractivity contribution in [2.24, 2.45) is 0 Å². The lowest BCUT2D eigenvalue weighted by Crippen LogP contribution is -2.53. The minimum atomic E-state index is -0.815. The van der Waals surface area contributed by atoms with Crippen molar-refractivity contribution in [3.8, 4) is 6.07 Å². The first kappa shape index (κ1) is 13.7. The predicted octanol–water partition coefficient (Wildman–Crippen LogP) is 0.848. The van der Waals surface area contributed by atoms with Crippen LogP contribution in [-0.4, -0.2) is 46.5 Å². The van der Waals surface area contributed by atoms with Gasteiger partial charge in [0.25, 0.3) is 5.91 Å². The summed E-state index contributed by atoms with van der Waals surface area (Å²) in [7, 11) is 1.99. The highest BCUT2D eigenvalue weighted by Crippen LogP contribution is 2.21. The van der Waals surface area contributed by atoms with E-state index in [1.165, 1.54) is 12.4 Å². The maximum absolute atomic E-state index is 12.0. The molecule has 1 saturated heterocycles. The van der Waals surface area contributed by atoms with Gasteiger partial charge in [0, 0.05) is 13.1 Å². The Morgan fingerprint density at radius 1 is 1.47 bits per heavy atom. The standard InChI is InChI=1S/C12H14ClN5O/c1-18-4-2-12(8-14,3-5-18)17-11(19)9-6-16-10(13)7-15-9/h6-7H,2-5H2,1H3,(H,17,19). The summed E-state index contributed by atoms with van der Waals surface area (Å²) in [6.07, 6.45) is 3.82. The monoisotopic (exact) mass is 279 g/mol. The number of nitrogens with one attached hydrogen (secondary N) is 1. The van der Waals surface area contributed by atoms with Gasteiger partial charge in [0.2, 0.25) is 0 Å². The number of nitrogens with zero attached hydrogens (tertiary/aromatic N) is 4. The third-order valence-corrected chi connectivity index (χ3v) is 3.46. The summed E-state index contributed by atoms with van der Waals surface area (Å²) in [5.74, 6) is -0.393. The highest BCUT2D eigenvalue weighted by molar-refractivity contribution is 6.29. The highest BCUT2D eigenvalue weighted by Gasteiger charge is 2.35. The number of halogens is 1. The Hall–Kier alpha value is -1.71. The Morgan fingerprint density at radius 2 is 2.16 bits per heavy atom. The lowest BCUT2D eigenvalue weighted by Gasteiger charge is -2.35. The Labute approximate surface area is 116 Å². The zero-order valence-electron chi connectivity index (χ0n) is 10.6. The molecule has 0 saturated carbocycles. The smallest absolute Gasteiger partial charge is 0.272 e. The molecule has 6 nitrogen and oxygen atoms in total. The van der Waals surface area contributed by atoms with Crippen LogP contribution < -0.4 is 5.32 Å². The zero-order chi connectivity index (χ0) is 13.9. The fraction of sp³-hybridized carbons (Fsp3) is 0.500. The van der Waals surface area contributed by atoms with E-state index in [1.54, 1.807) is 0 Å². The largest absolute Gasteiger partial charge is 0.332 e. The molecule has 2 heterocycles. The van der Waals surface area contributed by atoms with Crippen LogP contribution in [0.1, 0.15) is 23.3 Å². The molecule has 0 aromatic carbocycles. The van der Waals surface area contributed by atoms with Crippen LogP contribution in [-0.2, 0) is 0 Å². The number of rotatable bonds is 2. The number of carbonyl (C=O) groups is 1. The molecule has 0 radical (unpaired) electrons. The van der Waals surface area contributed by atoms with E-state index in [0.29, 0.717) is 12.8 Å². The Kier molecular flexibility index (Phi) is 3.98. The van der Waals surface area contributed by atoms with Gasteiger partial charge in [-0.05, 0) is 19.9 Å². The fourth-order valence-corrected chi connectivity index (χ4v) is 2.07. The molecule has 1 N–H and O–H groups in total. The molecule has 0 atom stereocenters. The van der Waals surface area contributed by atoms with Crippen LogP contribution in [0.4, 0.5) is 0 Å². The van der Waals surface area contributed by atoms with Crippen molar-refractivity contribution in [3.05, 3.63) is 23.2 Å². The van der Waals surface area contributed by atoms with Crippen LogP contribution in [0.5, 0.6) is 0 Å². The van der Waals surface area contributed by atoms with Crippen molar-refractivity contribution in [2.45, 2.75) is 18.4 Å². The number of likely N-dealkylation sites (tertiary alicyclic amines) is 1. The fourth-order valence-electron chi connectivity index (χ4n) is 1.98. The molecule has 1 aliphatic rings.